The number of amides is 3. The smallest absolute Gasteiger partial charge is 0.328 e. The Kier molecular flexibility index (Phi) is 6.51. The van der Waals surface area contributed by atoms with Crippen molar-refractivity contribution in [3.05, 3.63) is 35.9 Å². The van der Waals surface area contributed by atoms with Gasteiger partial charge in [0.15, 0.2) is 6.04 Å². The van der Waals surface area contributed by atoms with E-state index in [1.54, 1.807) is 0 Å². The van der Waals surface area contributed by atoms with E-state index in [9.17, 15) is 29.4 Å². The van der Waals surface area contributed by atoms with Crippen molar-refractivity contribution in [1.29, 1.82) is 0 Å². The van der Waals surface area contributed by atoms with Crippen molar-refractivity contribution in [3.8, 4) is 0 Å². The van der Waals surface area contributed by atoms with Gasteiger partial charge in [-0.15, -0.1) is 0 Å². The van der Waals surface area contributed by atoms with Gasteiger partial charge < -0.3 is 15.1 Å². The van der Waals surface area contributed by atoms with Crippen LogP contribution in [0.2, 0.25) is 0 Å². The monoisotopic (exact) mass is 377 g/mol. The maximum atomic E-state index is 12.6. The fraction of sp³-hybridized carbons (Fsp3) is 0.444. The normalized spacial score (nSPS) is 19.0. The molecule has 3 atom stereocenters. The van der Waals surface area contributed by atoms with Gasteiger partial charge in [0.1, 0.15) is 6.04 Å². The molecule has 27 heavy (non-hydrogen) atoms. The summed E-state index contributed by atoms with van der Waals surface area (Å²) >= 11 is 0. The summed E-state index contributed by atoms with van der Waals surface area (Å²) < 4.78 is 0. The van der Waals surface area contributed by atoms with Crippen LogP contribution >= 0.6 is 0 Å². The minimum atomic E-state index is -1.29. The highest BCUT2D eigenvalue weighted by molar-refractivity contribution is 6.02. The molecule has 146 valence electrons. The van der Waals surface area contributed by atoms with Crippen molar-refractivity contribution in [2.75, 3.05) is 13.6 Å². The number of rotatable bonds is 8. The summed E-state index contributed by atoms with van der Waals surface area (Å²) in [4.78, 5) is 49.4. The molecule has 9 nitrogen and oxygen atoms in total. The predicted molar refractivity (Wildman–Crippen MR) is 95.1 cm³/mol. The summed E-state index contributed by atoms with van der Waals surface area (Å²) in [6.07, 6.45) is 0.738. The van der Waals surface area contributed by atoms with Crippen LogP contribution in [-0.2, 0) is 20.8 Å². The van der Waals surface area contributed by atoms with Gasteiger partial charge in [0.2, 0.25) is 5.91 Å². The lowest BCUT2D eigenvalue weighted by Crippen LogP contribution is -2.54. The number of imide groups is 1. The second kappa shape index (κ2) is 8.63. The number of nitrogens with one attached hydrogen (secondary N) is 1. The SMILES string of the molecule is CC(NC(CCc1ccccc1)C(=O)O)C(=O)N1C(=O)N(C)C[C@H]1C(=O)O. The van der Waals surface area contributed by atoms with Gasteiger partial charge in [0, 0.05) is 7.05 Å². The number of hydrogen-bond acceptors (Lipinski definition) is 5. The zero-order chi connectivity index (χ0) is 20.1. The van der Waals surface area contributed by atoms with Crippen LogP contribution in [0, 0.1) is 0 Å². The van der Waals surface area contributed by atoms with Crippen LogP contribution in [0.4, 0.5) is 4.79 Å². The van der Waals surface area contributed by atoms with Crippen molar-refractivity contribution in [3.63, 3.8) is 0 Å². The average molecular weight is 377 g/mol. The molecule has 2 unspecified atom stereocenters. The number of carboxylic acids is 2. The summed E-state index contributed by atoms with van der Waals surface area (Å²) in [5.41, 5.74) is 0.965. The highest BCUT2D eigenvalue weighted by Crippen LogP contribution is 2.17. The standard InChI is InChI=1S/C18H23N3O6/c1-11(15(22)21-14(17(25)26)10-20(2)18(21)27)19-13(16(23)24)9-8-12-6-4-3-5-7-12/h3-7,11,13-14,19H,8-10H2,1-2H3,(H,23,24)(H,25,26)/t11?,13?,14-/m0/s1. The number of aliphatic carboxylic acids is 2. The fourth-order valence-electron chi connectivity index (χ4n) is 2.99. The van der Waals surface area contributed by atoms with Crippen LogP contribution in [0.3, 0.4) is 0 Å². The molecule has 0 aliphatic carbocycles. The van der Waals surface area contributed by atoms with Crippen LogP contribution in [0.25, 0.3) is 0 Å². The first-order valence-electron chi connectivity index (χ1n) is 8.56. The molecule has 0 radical (unpaired) electrons. The third kappa shape index (κ3) is 4.82. The number of nitrogens with zero attached hydrogens (tertiary/aromatic N) is 2. The molecule has 0 aromatic heterocycles. The molecule has 1 fully saturated rings. The Morgan fingerprint density at radius 3 is 2.41 bits per heavy atom. The average Bonchev–Trinajstić information content (AvgIpc) is 2.93. The molecule has 3 amide bonds. The number of aryl methyl sites for hydroxylation is 1. The van der Waals surface area contributed by atoms with E-state index in [2.05, 4.69) is 5.32 Å². The number of hydrogen-bond donors (Lipinski definition) is 3. The van der Waals surface area contributed by atoms with E-state index in [4.69, 9.17) is 0 Å². The van der Waals surface area contributed by atoms with E-state index >= 15 is 0 Å². The Labute approximate surface area is 156 Å². The zero-order valence-corrected chi connectivity index (χ0v) is 15.2. The molecule has 1 heterocycles. The maximum absolute atomic E-state index is 12.6. The number of carbonyl (C=O) groups excluding carboxylic acids is 2. The van der Waals surface area contributed by atoms with Gasteiger partial charge in [-0.05, 0) is 25.3 Å². The number of urea groups is 1. The summed E-state index contributed by atoms with van der Waals surface area (Å²) in [6.45, 7) is 1.31. The first-order chi connectivity index (χ1) is 12.7. The van der Waals surface area contributed by atoms with Crippen LogP contribution < -0.4 is 5.32 Å². The molecular formula is C18H23N3O6. The lowest BCUT2D eigenvalue weighted by Gasteiger charge is -2.25. The lowest BCUT2D eigenvalue weighted by molar-refractivity contribution is -0.147. The number of carboxylic acid groups (broad SMARTS) is 2. The molecule has 0 bridgehead atoms. The third-order valence-electron chi connectivity index (χ3n) is 4.50. The topological polar surface area (TPSA) is 127 Å². The van der Waals surface area contributed by atoms with Crippen molar-refractivity contribution in [2.24, 2.45) is 0 Å². The number of likely N-dealkylation sites (N-methyl/N-ethyl adjacent to an activating group) is 1. The lowest BCUT2D eigenvalue weighted by atomic mass is 10.0. The summed E-state index contributed by atoms with van der Waals surface area (Å²) in [7, 11) is 1.41. The van der Waals surface area contributed by atoms with Gasteiger partial charge in [0.25, 0.3) is 0 Å². The predicted octanol–water partition coefficient (Wildman–Crippen LogP) is 0.398. The number of benzene rings is 1. The van der Waals surface area contributed by atoms with Gasteiger partial charge in [-0.1, -0.05) is 30.3 Å². The van der Waals surface area contributed by atoms with Crippen molar-refractivity contribution in [2.45, 2.75) is 37.9 Å². The van der Waals surface area contributed by atoms with Gasteiger partial charge in [-0.3, -0.25) is 14.9 Å². The van der Waals surface area contributed by atoms with E-state index in [1.165, 1.54) is 14.0 Å². The summed E-state index contributed by atoms with van der Waals surface area (Å²) in [5.74, 6) is -3.17. The largest absolute Gasteiger partial charge is 0.480 e. The first kappa shape index (κ1) is 20.4. The minimum absolute atomic E-state index is 0.108. The second-order valence-electron chi connectivity index (χ2n) is 6.53. The van der Waals surface area contributed by atoms with Crippen molar-refractivity contribution in [1.82, 2.24) is 15.1 Å². The molecule has 1 aromatic carbocycles. The summed E-state index contributed by atoms with van der Waals surface area (Å²) in [6, 6.07) is 5.29. The first-order valence-corrected chi connectivity index (χ1v) is 8.56. The van der Waals surface area contributed by atoms with E-state index < -0.39 is 42.0 Å². The molecule has 9 heteroatoms. The quantitative estimate of drug-likeness (QED) is 0.598. The maximum Gasteiger partial charge on any atom is 0.328 e. The Balaban J connectivity index is 2.04. The molecular weight excluding hydrogens is 354 g/mol. The second-order valence-corrected chi connectivity index (χ2v) is 6.53. The Morgan fingerprint density at radius 1 is 1.22 bits per heavy atom. The molecule has 1 aliphatic rings. The molecule has 1 aliphatic heterocycles. The Hall–Kier alpha value is -2.94. The zero-order valence-electron chi connectivity index (χ0n) is 15.2. The minimum Gasteiger partial charge on any atom is -0.480 e. The molecule has 0 spiro atoms. The third-order valence-corrected chi connectivity index (χ3v) is 4.50. The highest BCUT2D eigenvalue weighted by Gasteiger charge is 2.45. The van der Waals surface area contributed by atoms with Crippen LogP contribution in [0.15, 0.2) is 30.3 Å². The Bertz CT molecular complexity index is 723. The molecule has 2 rings (SSSR count). The van der Waals surface area contributed by atoms with Crippen LogP contribution in [-0.4, -0.2) is 75.6 Å². The van der Waals surface area contributed by atoms with Gasteiger partial charge in [-0.25, -0.2) is 14.5 Å². The van der Waals surface area contributed by atoms with E-state index in [0.29, 0.717) is 11.3 Å². The van der Waals surface area contributed by atoms with Gasteiger partial charge in [-0.2, -0.15) is 0 Å². The van der Waals surface area contributed by atoms with Gasteiger partial charge >= 0.3 is 18.0 Å². The van der Waals surface area contributed by atoms with Crippen molar-refractivity contribution >= 4 is 23.9 Å². The van der Waals surface area contributed by atoms with Crippen LogP contribution in [0.5, 0.6) is 0 Å². The molecule has 0 saturated carbocycles. The highest BCUT2D eigenvalue weighted by atomic mass is 16.4. The summed E-state index contributed by atoms with van der Waals surface area (Å²) in [5, 5.41) is 21.4. The molecule has 3 N–H and O–H groups in total. The fourth-order valence-corrected chi connectivity index (χ4v) is 2.99. The van der Waals surface area contributed by atoms with E-state index in [1.807, 2.05) is 30.3 Å². The van der Waals surface area contributed by atoms with Crippen molar-refractivity contribution < 1.29 is 29.4 Å². The Morgan fingerprint density at radius 2 is 1.85 bits per heavy atom. The van der Waals surface area contributed by atoms with Crippen LogP contribution in [0.1, 0.15) is 18.9 Å². The van der Waals surface area contributed by atoms with Gasteiger partial charge in [0.05, 0.1) is 12.6 Å². The number of carbonyl (C=O) groups is 4. The van der Waals surface area contributed by atoms with E-state index in [-0.39, 0.29) is 13.0 Å². The van der Waals surface area contributed by atoms with E-state index in [0.717, 1.165) is 10.5 Å². The molecule has 1 aromatic rings. The molecule has 1 saturated heterocycles.